The van der Waals surface area contributed by atoms with Gasteiger partial charge in [0.25, 0.3) is 0 Å². The molecule has 0 aromatic carbocycles. The number of hydrogen-bond acceptors (Lipinski definition) is 2. The number of rotatable bonds is 4. The van der Waals surface area contributed by atoms with Crippen LogP contribution in [0.4, 0.5) is 35.1 Å². The van der Waals surface area contributed by atoms with Crippen molar-refractivity contribution < 1.29 is 44.6 Å². The Balaban J connectivity index is 4.67. The Morgan fingerprint density at radius 1 is 0.714 bits per heavy atom. The SMILES string of the molecule is FC(F)OC(F)(OC(F)F)C(F)(F)F. The lowest BCUT2D eigenvalue weighted by Gasteiger charge is -2.25. The van der Waals surface area contributed by atoms with E-state index in [1.807, 2.05) is 0 Å². The molecular formula is C4H2F8O2. The molecule has 0 bridgehead atoms. The third kappa shape index (κ3) is 3.62. The van der Waals surface area contributed by atoms with Crippen molar-refractivity contribution in [3.63, 3.8) is 0 Å². The standard InChI is InChI=1S/C4H2F8O2/c5-1(6)13-4(12,3(9,10)11)14-2(7)8/h1-2H. The molecule has 0 radical (unpaired) electrons. The summed E-state index contributed by atoms with van der Waals surface area (Å²) in [5.41, 5.74) is 0. The van der Waals surface area contributed by atoms with Crippen molar-refractivity contribution in [3.8, 4) is 0 Å². The van der Waals surface area contributed by atoms with Gasteiger partial charge in [0.15, 0.2) is 0 Å². The lowest BCUT2D eigenvalue weighted by molar-refractivity contribution is -0.493. The molecule has 0 aromatic heterocycles. The maximum absolute atomic E-state index is 12.3. The number of ether oxygens (including phenoxy) is 2. The molecule has 0 saturated heterocycles. The summed E-state index contributed by atoms with van der Waals surface area (Å²) >= 11 is 0. The Bertz CT molecular complexity index is 167. The number of hydrogen-bond donors (Lipinski definition) is 0. The van der Waals surface area contributed by atoms with Gasteiger partial charge in [-0.3, -0.25) is 9.47 Å². The van der Waals surface area contributed by atoms with Crippen LogP contribution in [0.25, 0.3) is 0 Å². The highest BCUT2D eigenvalue weighted by Crippen LogP contribution is 2.38. The normalized spacial score (nSPS) is 14.1. The summed E-state index contributed by atoms with van der Waals surface area (Å²) in [6.07, 6.45) is -6.15. The quantitative estimate of drug-likeness (QED) is 0.549. The average molecular weight is 234 g/mol. The van der Waals surface area contributed by atoms with E-state index < -0.39 is 25.4 Å². The minimum absolute atomic E-state index is 2.29. The van der Waals surface area contributed by atoms with E-state index in [0.29, 0.717) is 0 Å². The Morgan fingerprint density at radius 3 is 1.14 bits per heavy atom. The third-order valence-electron chi connectivity index (χ3n) is 0.820. The van der Waals surface area contributed by atoms with Crippen LogP contribution >= 0.6 is 0 Å². The van der Waals surface area contributed by atoms with E-state index in [1.165, 1.54) is 0 Å². The topological polar surface area (TPSA) is 18.5 Å². The van der Waals surface area contributed by atoms with Crippen LogP contribution in [-0.2, 0) is 9.47 Å². The van der Waals surface area contributed by atoms with Gasteiger partial charge in [0.1, 0.15) is 0 Å². The molecular weight excluding hydrogens is 232 g/mol. The minimum atomic E-state index is -6.15. The molecule has 0 saturated carbocycles. The van der Waals surface area contributed by atoms with Crippen molar-refractivity contribution in [2.45, 2.75) is 25.4 Å². The summed E-state index contributed by atoms with van der Waals surface area (Å²) < 4.78 is 96.3. The van der Waals surface area contributed by atoms with Gasteiger partial charge in [0.05, 0.1) is 0 Å². The summed E-state index contributed by atoms with van der Waals surface area (Å²) in [5, 5.41) is 0. The molecule has 0 aliphatic rings. The van der Waals surface area contributed by atoms with Gasteiger partial charge in [-0.1, -0.05) is 0 Å². The predicted molar refractivity (Wildman–Crippen MR) is 24.1 cm³/mol. The Labute approximate surface area is 71.4 Å². The van der Waals surface area contributed by atoms with Gasteiger partial charge >= 0.3 is 25.4 Å². The van der Waals surface area contributed by atoms with E-state index >= 15 is 0 Å². The summed E-state index contributed by atoms with van der Waals surface area (Å²) in [7, 11) is 0. The van der Waals surface area contributed by atoms with E-state index in [-0.39, 0.29) is 0 Å². The van der Waals surface area contributed by atoms with Crippen molar-refractivity contribution in [2.75, 3.05) is 0 Å². The smallest absolute Gasteiger partial charge is 0.254 e. The Kier molecular flexibility index (Phi) is 4.06. The fourth-order valence-corrected chi connectivity index (χ4v) is 0.391. The molecule has 0 aliphatic heterocycles. The maximum Gasteiger partial charge on any atom is 0.478 e. The molecule has 0 N–H and O–H groups in total. The Hall–Kier alpha value is -0.640. The summed E-state index contributed by atoms with van der Waals surface area (Å²) in [6, 6.07) is -5.52. The van der Waals surface area contributed by atoms with Gasteiger partial charge in [-0.15, -0.1) is 0 Å². The highest BCUT2D eigenvalue weighted by atomic mass is 19.4. The summed E-state index contributed by atoms with van der Waals surface area (Å²) in [4.78, 5) is 0. The highest BCUT2D eigenvalue weighted by molar-refractivity contribution is 4.66. The van der Waals surface area contributed by atoms with E-state index in [1.54, 1.807) is 0 Å². The first-order valence-electron chi connectivity index (χ1n) is 2.76. The molecule has 10 heteroatoms. The molecule has 86 valence electrons. The molecule has 0 unspecified atom stereocenters. The molecule has 0 aromatic rings. The van der Waals surface area contributed by atoms with E-state index in [4.69, 9.17) is 0 Å². The van der Waals surface area contributed by atoms with E-state index in [0.717, 1.165) is 0 Å². The molecule has 0 rings (SSSR count). The lowest BCUT2D eigenvalue weighted by atomic mass is 10.6. The van der Waals surface area contributed by atoms with Crippen LogP contribution in [0.15, 0.2) is 0 Å². The molecule has 0 spiro atoms. The van der Waals surface area contributed by atoms with E-state index in [9.17, 15) is 35.1 Å². The van der Waals surface area contributed by atoms with Crippen molar-refractivity contribution in [2.24, 2.45) is 0 Å². The van der Waals surface area contributed by atoms with Gasteiger partial charge in [0.2, 0.25) is 0 Å². The first kappa shape index (κ1) is 13.4. The monoisotopic (exact) mass is 234 g/mol. The molecule has 2 nitrogen and oxygen atoms in total. The second-order valence-corrected chi connectivity index (χ2v) is 1.79. The molecule has 0 amide bonds. The second kappa shape index (κ2) is 4.26. The van der Waals surface area contributed by atoms with E-state index in [2.05, 4.69) is 9.47 Å². The number of halogens is 8. The maximum atomic E-state index is 12.3. The van der Waals surface area contributed by atoms with Crippen molar-refractivity contribution in [1.82, 2.24) is 0 Å². The zero-order valence-corrected chi connectivity index (χ0v) is 5.99. The second-order valence-electron chi connectivity index (χ2n) is 1.79. The fourth-order valence-electron chi connectivity index (χ4n) is 0.391. The van der Waals surface area contributed by atoms with Crippen LogP contribution in [0.3, 0.4) is 0 Å². The number of alkyl halides is 8. The van der Waals surface area contributed by atoms with Gasteiger partial charge < -0.3 is 0 Å². The first-order chi connectivity index (χ1) is 6.08. The molecule has 14 heavy (non-hydrogen) atoms. The predicted octanol–water partition coefficient (Wildman–Crippen LogP) is 2.65. The summed E-state index contributed by atoms with van der Waals surface area (Å²) in [5.74, 6) is 0. The largest absolute Gasteiger partial charge is 0.478 e. The first-order valence-corrected chi connectivity index (χ1v) is 2.76. The molecule has 0 fully saturated rings. The van der Waals surface area contributed by atoms with Crippen LogP contribution in [0.1, 0.15) is 0 Å². The van der Waals surface area contributed by atoms with Crippen LogP contribution in [0, 0.1) is 0 Å². The molecule has 0 atom stereocenters. The summed E-state index contributed by atoms with van der Waals surface area (Å²) in [6.45, 7) is -8.50. The highest BCUT2D eigenvalue weighted by Gasteiger charge is 2.63. The van der Waals surface area contributed by atoms with Crippen molar-refractivity contribution in [1.29, 1.82) is 0 Å². The lowest BCUT2D eigenvalue weighted by Crippen LogP contribution is -2.48. The zero-order chi connectivity index (χ0) is 11.6. The van der Waals surface area contributed by atoms with Gasteiger partial charge in [-0.05, 0) is 0 Å². The van der Waals surface area contributed by atoms with Crippen molar-refractivity contribution in [3.05, 3.63) is 0 Å². The van der Waals surface area contributed by atoms with Crippen LogP contribution in [0.5, 0.6) is 0 Å². The van der Waals surface area contributed by atoms with Crippen molar-refractivity contribution >= 4 is 0 Å². The third-order valence-corrected chi connectivity index (χ3v) is 0.820. The fraction of sp³-hybridized carbons (Fsp3) is 1.00. The molecule has 0 heterocycles. The average Bonchev–Trinajstić information content (AvgIpc) is 1.78. The molecule has 0 aliphatic carbocycles. The zero-order valence-electron chi connectivity index (χ0n) is 5.99. The van der Waals surface area contributed by atoms with Gasteiger partial charge in [-0.2, -0.15) is 35.1 Å². The van der Waals surface area contributed by atoms with Crippen LogP contribution in [-0.4, -0.2) is 25.4 Å². The Morgan fingerprint density at radius 2 is 1.00 bits per heavy atom. The van der Waals surface area contributed by atoms with Crippen LogP contribution in [0.2, 0.25) is 0 Å². The van der Waals surface area contributed by atoms with Gasteiger partial charge in [0, 0.05) is 0 Å². The minimum Gasteiger partial charge on any atom is -0.254 e. The van der Waals surface area contributed by atoms with Crippen LogP contribution < -0.4 is 0 Å². The van der Waals surface area contributed by atoms with Gasteiger partial charge in [-0.25, -0.2) is 0 Å².